The lowest BCUT2D eigenvalue weighted by molar-refractivity contribution is 0.335. The first kappa shape index (κ1) is 17.0. The van der Waals surface area contributed by atoms with Gasteiger partial charge < -0.3 is 10.0 Å². The number of aliphatic hydroxyl groups excluding tert-OH is 1. The van der Waals surface area contributed by atoms with E-state index in [0.29, 0.717) is 5.57 Å². The first-order valence-electron chi connectivity index (χ1n) is 7.84. The van der Waals surface area contributed by atoms with Gasteiger partial charge in [0.1, 0.15) is 0 Å². The zero-order valence-corrected chi connectivity index (χ0v) is 14.2. The minimum absolute atomic E-state index is 0.0342. The van der Waals surface area contributed by atoms with E-state index in [9.17, 15) is 5.11 Å². The van der Waals surface area contributed by atoms with Crippen LogP contribution in [-0.4, -0.2) is 23.7 Å². The molecule has 23 heavy (non-hydrogen) atoms. The molecule has 0 amide bonds. The summed E-state index contributed by atoms with van der Waals surface area (Å²) in [7, 11) is 2.07. The molecular weight excluding hydrogens is 282 g/mol. The molecule has 0 saturated heterocycles. The number of benzene rings is 2. The fraction of sp³-hybridized carbons (Fsp3) is 0.238. The fourth-order valence-corrected chi connectivity index (χ4v) is 2.59. The van der Waals surface area contributed by atoms with Crippen molar-refractivity contribution in [2.24, 2.45) is 0 Å². The molecule has 2 rings (SSSR count). The molecule has 2 aromatic rings. The normalized spacial score (nSPS) is 11.4. The Balaban J connectivity index is 2.35. The summed E-state index contributed by atoms with van der Waals surface area (Å²) in [5.74, 6) is 0. The molecule has 0 atom stereocenters. The average Bonchev–Trinajstić information content (AvgIpc) is 2.54. The second-order valence-electron chi connectivity index (χ2n) is 6.00. The molecule has 0 spiro atoms. The quantitative estimate of drug-likeness (QED) is 0.803. The molecule has 0 saturated carbocycles. The van der Waals surface area contributed by atoms with Crippen LogP contribution in [0.1, 0.15) is 22.3 Å². The van der Waals surface area contributed by atoms with Crippen molar-refractivity contribution in [3.05, 3.63) is 89.0 Å². The number of aryl methyl sites for hydroxylation is 2. The topological polar surface area (TPSA) is 23.5 Å². The predicted molar refractivity (Wildman–Crippen MR) is 98.0 cm³/mol. The molecule has 1 N–H and O–H groups in total. The number of hydrogen-bond donors (Lipinski definition) is 1. The Morgan fingerprint density at radius 3 is 2.52 bits per heavy atom. The van der Waals surface area contributed by atoms with Gasteiger partial charge in [0.2, 0.25) is 0 Å². The maximum absolute atomic E-state index is 9.34. The van der Waals surface area contributed by atoms with Crippen molar-refractivity contribution in [2.75, 3.05) is 13.7 Å². The van der Waals surface area contributed by atoms with Gasteiger partial charge in [0.15, 0.2) is 0 Å². The third kappa shape index (κ3) is 4.57. The number of aliphatic hydroxyl groups is 1. The molecule has 0 fully saturated rings. The largest absolute Gasteiger partial charge is 0.392 e. The highest BCUT2D eigenvalue weighted by atomic mass is 16.3. The molecule has 2 nitrogen and oxygen atoms in total. The molecule has 0 bridgehead atoms. The molecule has 0 unspecified atom stereocenters. The zero-order valence-electron chi connectivity index (χ0n) is 14.2. The van der Waals surface area contributed by atoms with Crippen molar-refractivity contribution in [3.8, 4) is 0 Å². The van der Waals surface area contributed by atoms with E-state index in [2.05, 4.69) is 80.9 Å². The summed E-state index contributed by atoms with van der Waals surface area (Å²) in [6.07, 6.45) is 1.97. The molecule has 0 aliphatic rings. The van der Waals surface area contributed by atoms with E-state index in [1.807, 2.05) is 6.08 Å². The van der Waals surface area contributed by atoms with Crippen LogP contribution in [-0.2, 0) is 6.54 Å². The minimum atomic E-state index is -0.0342. The van der Waals surface area contributed by atoms with Gasteiger partial charge in [0, 0.05) is 19.3 Å². The molecule has 0 heterocycles. The monoisotopic (exact) mass is 307 g/mol. The SMILES string of the molecule is C=C(/C=C(/c1cccc(C)c1)N(C)Cc1ccccc1C)CO. The second-order valence-corrected chi connectivity index (χ2v) is 6.00. The van der Waals surface area contributed by atoms with Gasteiger partial charge in [-0.3, -0.25) is 0 Å². The summed E-state index contributed by atoms with van der Waals surface area (Å²) in [6.45, 7) is 8.91. The van der Waals surface area contributed by atoms with Gasteiger partial charge in [-0.2, -0.15) is 0 Å². The molecule has 2 heteroatoms. The summed E-state index contributed by atoms with van der Waals surface area (Å²) in [5, 5.41) is 9.34. The van der Waals surface area contributed by atoms with Crippen molar-refractivity contribution in [1.29, 1.82) is 0 Å². The summed E-state index contributed by atoms with van der Waals surface area (Å²) in [5.41, 5.74) is 6.70. The lowest BCUT2D eigenvalue weighted by Crippen LogP contribution is -2.17. The fourth-order valence-electron chi connectivity index (χ4n) is 2.59. The van der Waals surface area contributed by atoms with Gasteiger partial charge in [-0.25, -0.2) is 0 Å². The van der Waals surface area contributed by atoms with Crippen LogP contribution in [0.15, 0.2) is 66.8 Å². The smallest absolute Gasteiger partial charge is 0.0676 e. The van der Waals surface area contributed by atoms with E-state index in [1.165, 1.54) is 16.7 Å². The van der Waals surface area contributed by atoms with E-state index in [0.717, 1.165) is 17.8 Å². The zero-order chi connectivity index (χ0) is 16.8. The van der Waals surface area contributed by atoms with Crippen molar-refractivity contribution < 1.29 is 5.11 Å². The Morgan fingerprint density at radius 1 is 1.13 bits per heavy atom. The lowest BCUT2D eigenvalue weighted by atomic mass is 10.0. The molecule has 120 valence electrons. The van der Waals surface area contributed by atoms with Gasteiger partial charge in [0.05, 0.1) is 6.61 Å². The van der Waals surface area contributed by atoms with E-state index >= 15 is 0 Å². The summed E-state index contributed by atoms with van der Waals surface area (Å²) in [4.78, 5) is 2.21. The highest BCUT2D eigenvalue weighted by Gasteiger charge is 2.10. The first-order chi connectivity index (χ1) is 11.0. The molecular formula is C21H25NO. The summed E-state index contributed by atoms with van der Waals surface area (Å²) < 4.78 is 0. The predicted octanol–water partition coefficient (Wildman–Crippen LogP) is 4.32. The third-order valence-electron chi connectivity index (χ3n) is 3.94. The van der Waals surface area contributed by atoms with Gasteiger partial charge in [-0.15, -0.1) is 0 Å². The second kappa shape index (κ2) is 7.80. The van der Waals surface area contributed by atoms with E-state index in [-0.39, 0.29) is 6.61 Å². The van der Waals surface area contributed by atoms with Crippen LogP contribution in [0.3, 0.4) is 0 Å². The lowest BCUT2D eigenvalue weighted by Gasteiger charge is -2.25. The maximum Gasteiger partial charge on any atom is 0.0676 e. The summed E-state index contributed by atoms with van der Waals surface area (Å²) >= 11 is 0. The minimum Gasteiger partial charge on any atom is -0.392 e. The maximum atomic E-state index is 9.34. The standard InChI is InChI=1S/C21H25NO/c1-16-8-7-11-19(12-16)21(13-17(2)15-23)22(4)14-20-10-6-5-9-18(20)3/h5-13,23H,2,14-15H2,1,3-4H3/b21-13-. The van der Waals surface area contributed by atoms with Crippen LogP contribution >= 0.6 is 0 Å². The number of rotatable bonds is 6. The first-order valence-corrected chi connectivity index (χ1v) is 7.84. The number of hydrogen-bond acceptors (Lipinski definition) is 2. The molecule has 0 radical (unpaired) electrons. The van der Waals surface area contributed by atoms with Crippen molar-refractivity contribution in [2.45, 2.75) is 20.4 Å². The van der Waals surface area contributed by atoms with Crippen molar-refractivity contribution >= 4 is 5.70 Å². The Bertz CT molecular complexity index is 715. The van der Waals surface area contributed by atoms with Crippen LogP contribution in [0.4, 0.5) is 0 Å². The summed E-state index contributed by atoms with van der Waals surface area (Å²) in [6, 6.07) is 16.8. The Morgan fingerprint density at radius 2 is 1.87 bits per heavy atom. The van der Waals surface area contributed by atoms with Gasteiger partial charge in [0.25, 0.3) is 0 Å². The van der Waals surface area contributed by atoms with Crippen LogP contribution < -0.4 is 0 Å². The highest BCUT2D eigenvalue weighted by Crippen LogP contribution is 2.23. The van der Waals surface area contributed by atoms with E-state index < -0.39 is 0 Å². The third-order valence-corrected chi connectivity index (χ3v) is 3.94. The van der Waals surface area contributed by atoms with Gasteiger partial charge in [-0.05, 0) is 48.3 Å². The Kier molecular flexibility index (Phi) is 5.78. The molecule has 2 aromatic carbocycles. The van der Waals surface area contributed by atoms with Gasteiger partial charge >= 0.3 is 0 Å². The van der Waals surface area contributed by atoms with E-state index in [1.54, 1.807) is 0 Å². The van der Waals surface area contributed by atoms with Crippen LogP contribution in [0.25, 0.3) is 5.70 Å². The van der Waals surface area contributed by atoms with Crippen molar-refractivity contribution in [3.63, 3.8) is 0 Å². The number of nitrogens with zero attached hydrogens (tertiary/aromatic N) is 1. The van der Waals surface area contributed by atoms with Crippen LogP contribution in [0, 0.1) is 13.8 Å². The van der Waals surface area contributed by atoms with Gasteiger partial charge in [-0.1, -0.05) is 54.6 Å². The Labute approximate surface area is 139 Å². The molecule has 0 aliphatic carbocycles. The van der Waals surface area contributed by atoms with E-state index in [4.69, 9.17) is 0 Å². The van der Waals surface area contributed by atoms with Crippen molar-refractivity contribution in [1.82, 2.24) is 4.90 Å². The highest BCUT2D eigenvalue weighted by molar-refractivity contribution is 5.67. The van der Waals surface area contributed by atoms with Crippen LogP contribution in [0.5, 0.6) is 0 Å². The average molecular weight is 307 g/mol. The Hall–Kier alpha value is -2.32. The molecule has 0 aromatic heterocycles. The molecule has 0 aliphatic heterocycles. The van der Waals surface area contributed by atoms with Crippen LogP contribution in [0.2, 0.25) is 0 Å².